The van der Waals surface area contributed by atoms with Crippen LogP contribution in [0.15, 0.2) is 12.1 Å². The number of carbonyl (C=O) groups is 1. The molecule has 5 atom stereocenters. The van der Waals surface area contributed by atoms with Gasteiger partial charge in [-0.3, -0.25) is 4.79 Å². The Kier molecular flexibility index (Phi) is 2.15. The number of benzene rings is 1. The maximum absolute atomic E-state index is 12.5. The van der Waals surface area contributed by atoms with Crippen molar-refractivity contribution in [3.05, 3.63) is 23.3 Å². The molecule has 3 N–H and O–H groups in total. The predicted molar refractivity (Wildman–Crippen MR) is 77.3 cm³/mol. The highest BCUT2D eigenvalue weighted by molar-refractivity contribution is 5.89. The van der Waals surface area contributed by atoms with E-state index in [1.807, 2.05) is 6.07 Å². The molecule has 116 valence electrons. The third kappa shape index (κ3) is 1.13. The van der Waals surface area contributed by atoms with E-state index in [1.165, 1.54) is 4.90 Å². The fourth-order valence-corrected chi connectivity index (χ4v) is 5.69. The highest BCUT2D eigenvalue weighted by atomic mass is 16.5. The standard InChI is InChI=1S/C17H19NO4/c1-18-7-6-16-13-9-2-3-10(19)14(13)22-15(16)11(20)4-5-17(16,21)12(18)8-9/h2-3,12,15,19,21H,4-8H2,1H3/p+1/t12-,15+,16+,17-/m0/s1. The number of aromatic hydroxyl groups is 1. The summed E-state index contributed by atoms with van der Waals surface area (Å²) < 4.78 is 5.95. The molecule has 1 aromatic carbocycles. The summed E-state index contributed by atoms with van der Waals surface area (Å²) in [6.07, 6.45) is 1.73. The molecule has 1 spiro atoms. The van der Waals surface area contributed by atoms with Crippen molar-refractivity contribution in [2.45, 2.75) is 48.8 Å². The first-order valence-electron chi connectivity index (χ1n) is 8.08. The van der Waals surface area contributed by atoms with Crippen LogP contribution in [-0.2, 0) is 16.6 Å². The fourth-order valence-electron chi connectivity index (χ4n) is 5.69. The Morgan fingerprint density at radius 3 is 3.00 bits per heavy atom. The summed E-state index contributed by atoms with van der Waals surface area (Å²) in [7, 11) is 2.13. The van der Waals surface area contributed by atoms with Crippen LogP contribution in [0.25, 0.3) is 0 Å². The number of hydrogen-bond acceptors (Lipinski definition) is 4. The highest BCUT2D eigenvalue weighted by Gasteiger charge is 2.74. The van der Waals surface area contributed by atoms with E-state index < -0.39 is 17.1 Å². The summed E-state index contributed by atoms with van der Waals surface area (Å²) in [6, 6.07) is 3.68. The predicted octanol–water partition coefficient (Wildman–Crippen LogP) is -0.672. The third-order valence-electron chi connectivity index (χ3n) is 6.68. The zero-order valence-corrected chi connectivity index (χ0v) is 12.6. The van der Waals surface area contributed by atoms with Crippen LogP contribution in [0.2, 0.25) is 0 Å². The number of likely N-dealkylation sites (N-methyl/N-ethyl adjacent to an activating group) is 1. The first kappa shape index (κ1) is 12.9. The van der Waals surface area contributed by atoms with Gasteiger partial charge in [-0.1, -0.05) is 6.07 Å². The van der Waals surface area contributed by atoms with E-state index >= 15 is 0 Å². The molecule has 1 unspecified atom stereocenters. The van der Waals surface area contributed by atoms with Crippen molar-refractivity contribution in [2.24, 2.45) is 0 Å². The lowest BCUT2D eigenvalue weighted by Gasteiger charge is -2.59. The molecule has 5 rings (SSSR count). The lowest BCUT2D eigenvalue weighted by molar-refractivity contribution is -0.923. The lowest BCUT2D eigenvalue weighted by Crippen LogP contribution is -3.19. The second-order valence-corrected chi connectivity index (χ2v) is 7.41. The van der Waals surface area contributed by atoms with Gasteiger partial charge in [0.1, 0.15) is 11.6 Å². The van der Waals surface area contributed by atoms with Gasteiger partial charge in [0.05, 0.1) is 19.0 Å². The van der Waals surface area contributed by atoms with Gasteiger partial charge in [-0.05, 0) is 18.1 Å². The number of piperidine rings is 1. The summed E-state index contributed by atoms with van der Waals surface area (Å²) in [5, 5.41) is 21.9. The Morgan fingerprint density at radius 1 is 1.36 bits per heavy atom. The average molecular weight is 302 g/mol. The van der Waals surface area contributed by atoms with Gasteiger partial charge >= 0.3 is 0 Å². The number of hydrogen-bond donors (Lipinski definition) is 3. The molecule has 22 heavy (non-hydrogen) atoms. The van der Waals surface area contributed by atoms with Gasteiger partial charge in [0.25, 0.3) is 0 Å². The fraction of sp³-hybridized carbons (Fsp3) is 0.588. The SMILES string of the molecule is C[NH+]1CC[C@@]23c4c5ccc(O)c4O[C@@H]2C(=O)CC[C@]3(O)[C@@H]1C5. The number of phenols is 1. The largest absolute Gasteiger partial charge is 0.504 e. The molecular weight excluding hydrogens is 282 g/mol. The number of carbonyl (C=O) groups excluding carboxylic acids is 1. The van der Waals surface area contributed by atoms with Crippen molar-refractivity contribution in [2.75, 3.05) is 13.6 Å². The topological polar surface area (TPSA) is 71.2 Å². The van der Waals surface area contributed by atoms with Crippen LogP contribution in [0, 0.1) is 0 Å². The minimum atomic E-state index is -0.917. The van der Waals surface area contributed by atoms with Gasteiger partial charge in [-0.15, -0.1) is 0 Å². The first-order chi connectivity index (χ1) is 10.5. The van der Waals surface area contributed by atoms with Crippen molar-refractivity contribution >= 4 is 5.78 Å². The van der Waals surface area contributed by atoms with Gasteiger partial charge < -0.3 is 19.8 Å². The number of Topliss-reactive ketones (excluding diaryl/α,β-unsaturated/α-hetero) is 1. The molecule has 1 aromatic rings. The van der Waals surface area contributed by atoms with Gasteiger partial charge in [0.2, 0.25) is 0 Å². The van der Waals surface area contributed by atoms with E-state index in [1.54, 1.807) is 6.07 Å². The number of phenolic OH excluding ortho intramolecular Hbond substituents is 1. The van der Waals surface area contributed by atoms with Gasteiger partial charge in [-0.2, -0.15) is 0 Å². The maximum atomic E-state index is 12.5. The Labute approximate surface area is 128 Å². The van der Waals surface area contributed by atoms with Crippen molar-refractivity contribution < 1.29 is 24.6 Å². The van der Waals surface area contributed by atoms with Crippen LogP contribution < -0.4 is 9.64 Å². The van der Waals surface area contributed by atoms with E-state index in [9.17, 15) is 15.0 Å². The van der Waals surface area contributed by atoms with Crippen molar-refractivity contribution in [3.63, 3.8) is 0 Å². The van der Waals surface area contributed by atoms with Crippen LogP contribution in [0.1, 0.15) is 30.4 Å². The molecule has 0 aromatic heterocycles. The normalized spacial score (nSPS) is 44.5. The zero-order chi connectivity index (χ0) is 15.3. The molecule has 2 aliphatic carbocycles. The number of likely N-dealkylation sites (tertiary alicyclic amines) is 1. The number of ether oxygens (including phenoxy) is 1. The Morgan fingerprint density at radius 2 is 2.18 bits per heavy atom. The highest BCUT2D eigenvalue weighted by Crippen LogP contribution is 2.62. The van der Waals surface area contributed by atoms with Crippen molar-refractivity contribution in [1.29, 1.82) is 0 Å². The van der Waals surface area contributed by atoms with E-state index in [0.29, 0.717) is 18.6 Å². The number of aliphatic hydroxyl groups is 1. The van der Waals surface area contributed by atoms with E-state index in [4.69, 9.17) is 4.74 Å². The van der Waals surface area contributed by atoms with Crippen molar-refractivity contribution in [1.82, 2.24) is 0 Å². The number of rotatable bonds is 0. The Hall–Kier alpha value is -1.59. The molecule has 2 bridgehead atoms. The number of ketones is 1. The molecule has 5 nitrogen and oxygen atoms in total. The molecule has 0 radical (unpaired) electrons. The number of quaternary nitrogens is 1. The smallest absolute Gasteiger partial charge is 0.174 e. The quantitative estimate of drug-likeness (QED) is 0.594. The van der Waals surface area contributed by atoms with Crippen LogP contribution in [0.3, 0.4) is 0 Å². The Bertz CT molecular complexity index is 717. The van der Waals surface area contributed by atoms with Crippen molar-refractivity contribution in [3.8, 4) is 11.5 Å². The third-order valence-corrected chi connectivity index (χ3v) is 6.68. The van der Waals surface area contributed by atoms with Gasteiger partial charge in [0, 0.05) is 24.8 Å². The molecule has 5 heteroatoms. The van der Waals surface area contributed by atoms with Crippen LogP contribution in [-0.4, -0.2) is 47.3 Å². The molecule has 1 saturated heterocycles. The molecule has 1 saturated carbocycles. The van der Waals surface area contributed by atoms with Crippen LogP contribution >= 0.6 is 0 Å². The lowest BCUT2D eigenvalue weighted by atomic mass is 9.49. The number of nitrogens with one attached hydrogen (secondary N) is 1. The maximum Gasteiger partial charge on any atom is 0.174 e. The molecule has 2 aliphatic heterocycles. The monoisotopic (exact) mass is 302 g/mol. The summed E-state index contributed by atoms with van der Waals surface area (Å²) in [5.41, 5.74) is 0.462. The van der Waals surface area contributed by atoms with E-state index in [0.717, 1.165) is 30.5 Å². The second-order valence-electron chi connectivity index (χ2n) is 7.41. The first-order valence-corrected chi connectivity index (χ1v) is 8.08. The molecular formula is C17H20NO4+. The molecule has 4 aliphatic rings. The second kappa shape index (κ2) is 3.66. The minimum absolute atomic E-state index is 0.0615. The summed E-state index contributed by atoms with van der Waals surface area (Å²) in [4.78, 5) is 13.9. The van der Waals surface area contributed by atoms with E-state index in [-0.39, 0.29) is 17.6 Å². The molecule has 2 fully saturated rings. The van der Waals surface area contributed by atoms with Crippen LogP contribution in [0.5, 0.6) is 11.5 Å². The zero-order valence-electron chi connectivity index (χ0n) is 12.6. The average Bonchev–Trinajstić information content (AvgIpc) is 2.85. The summed E-state index contributed by atoms with van der Waals surface area (Å²) >= 11 is 0. The molecule has 0 amide bonds. The Balaban J connectivity index is 1.88. The van der Waals surface area contributed by atoms with E-state index in [2.05, 4.69) is 7.05 Å². The van der Waals surface area contributed by atoms with Gasteiger partial charge in [-0.25, -0.2) is 0 Å². The summed E-state index contributed by atoms with van der Waals surface area (Å²) in [6.45, 7) is 0.911. The summed E-state index contributed by atoms with van der Waals surface area (Å²) in [5.74, 6) is 0.586. The minimum Gasteiger partial charge on any atom is -0.504 e. The van der Waals surface area contributed by atoms with Gasteiger partial charge in [0.15, 0.2) is 23.4 Å². The van der Waals surface area contributed by atoms with Crippen LogP contribution in [0.4, 0.5) is 0 Å². The molecule has 2 heterocycles.